The van der Waals surface area contributed by atoms with E-state index in [1.807, 2.05) is 0 Å². The predicted molar refractivity (Wildman–Crippen MR) is 92.4 cm³/mol. The van der Waals surface area contributed by atoms with Crippen LogP contribution in [0.15, 0.2) is 0 Å². The van der Waals surface area contributed by atoms with Gasteiger partial charge >= 0.3 is 7.87 Å². The quantitative estimate of drug-likeness (QED) is 0.509. The van der Waals surface area contributed by atoms with Gasteiger partial charge in [0.25, 0.3) is 0 Å². The van der Waals surface area contributed by atoms with Crippen LogP contribution in [0.5, 0.6) is 0 Å². The number of hydrogen-bond acceptors (Lipinski definition) is 6. The molecule has 0 amide bonds. The Bertz CT molecular complexity index is 295. The van der Waals surface area contributed by atoms with Gasteiger partial charge in [0.1, 0.15) is 0 Å². The first-order chi connectivity index (χ1) is 9.88. The van der Waals surface area contributed by atoms with E-state index in [2.05, 4.69) is 70.8 Å². The van der Waals surface area contributed by atoms with Crippen LogP contribution in [0, 0.1) is 0 Å². The number of hydrogen-bond donors (Lipinski definition) is 0. The summed E-state index contributed by atoms with van der Waals surface area (Å²) in [5.74, 6) is 0. The van der Waals surface area contributed by atoms with E-state index in [0.717, 1.165) is 0 Å². The molecule has 0 bridgehead atoms. The number of halogens is 1. The molecule has 0 aliphatic carbocycles. The molecule has 2 saturated heterocycles. The lowest BCUT2D eigenvalue weighted by atomic mass is 10.4. The molecule has 2 fully saturated rings. The fraction of sp³-hybridized carbons (Fsp3) is 1.00. The highest BCUT2D eigenvalue weighted by Crippen LogP contribution is 2.67. The molecule has 0 aromatic rings. The van der Waals surface area contributed by atoms with Crippen molar-refractivity contribution >= 4 is 7.87 Å². The highest BCUT2D eigenvalue weighted by atomic mass is 35.5. The van der Waals surface area contributed by atoms with Crippen molar-refractivity contribution in [3.8, 4) is 0 Å². The zero-order valence-corrected chi connectivity index (χ0v) is 16.8. The van der Waals surface area contributed by atoms with E-state index >= 15 is 0 Å². The minimum absolute atomic E-state index is 0. The molecule has 0 radical (unpaired) electrons. The maximum atomic E-state index is 2.76. The topological polar surface area (TPSA) is 19.4 Å². The van der Waals surface area contributed by atoms with Gasteiger partial charge in [-0.1, -0.05) is 0 Å². The summed E-state index contributed by atoms with van der Waals surface area (Å²) in [6.07, 6.45) is 0. The molecule has 132 valence electrons. The lowest BCUT2D eigenvalue weighted by Gasteiger charge is -2.50. The maximum absolute atomic E-state index is 2.76. The second kappa shape index (κ2) is 8.54. The normalized spacial score (nSPS) is 24.0. The van der Waals surface area contributed by atoms with Crippen LogP contribution in [0.1, 0.15) is 0 Å². The van der Waals surface area contributed by atoms with Crippen molar-refractivity contribution in [1.82, 2.24) is 28.5 Å². The summed E-state index contributed by atoms with van der Waals surface area (Å²) in [6.45, 7) is 9.41. The summed E-state index contributed by atoms with van der Waals surface area (Å²) in [6, 6.07) is 0. The molecule has 8 heteroatoms. The van der Waals surface area contributed by atoms with Crippen LogP contribution in [0.4, 0.5) is 0 Å². The van der Waals surface area contributed by atoms with Crippen LogP contribution >= 0.6 is 7.87 Å². The molecule has 0 spiro atoms. The van der Waals surface area contributed by atoms with Gasteiger partial charge in [-0.05, 0) is 14.1 Å². The molecule has 0 atom stereocenters. The van der Waals surface area contributed by atoms with Crippen LogP contribution in [0.25, 0.3) is 0 Å². The Labute approximate surface area is 143 Å². The summed E-state index contributed by atoms with van der Waals surface area (Å²) in [5.41, 5.74) is 0. The zero-order chi connectivity index (χ0) is 15.6. The summed E-state index contributed by atoms with van der Waals surface area (Å²) in [7, 11) is 12.0. The molecule has 2 aliphatic rings. The fourth-order valence-electron chi connectivity index (χ4n) is 3.68. The molecule has 0 aromatic heterocycles. The Balaban J connectivity index is 0.00000242. The lowest BCUT2D eigenvalue weighted by molar-refractivity contribution is -0.00000494. The second-order valence-corrected chi connectivity index (χ2v) is 10.5. The number of likely N-dealkylation sites (N-methyl/N-ethyl adjacent to an activating group) is 2. The molecule has 0 N–H and O–H groups in total. The van der Waals surface area contributed by atoms with E-state index in [0.29, 0.717) is 0 Å². The van der Waals surface area contributed by atoms with Crippen molar-refractivity contribution in [2.24, 2.45) is 0 Å². The minimum atomic E-state index is -1.56. The molecular weight excluding hydrogens is 319 g/mol. The summed E-state index contributed by atoms with van der Waals surface area (Å²) in [4.78, 5) is 4.89. The van der Waals surface area contributed by atoms with E-state index in [4.69, 9.17) is 0 Å². The third-order valence-electron chi connectivity index (χ3n) is 4.79. The van der Waals surface area contributed by atoms with Gasteiger partial charge in [-0.25, -0.2) is 0 Å². The van der Waals surface area contributed by atoms with E-state index < -0.39 is 7.87 Å². The molecule has 2 heterocycles. The third-order valence-corrected chi connectivity index (χ3v) is 9.26. The molecular formula is C14H34ClN6P. The van der Waals surface area contributed by atoms with Gasteiger partial charge < -0.3 is 22.2 Å². The monoisotopic (exact) mass is 352 g/mol. The van der Waals surface area contributed by atoms with Gasteiger partial charge in [0.05, 0.1) is 26.2 Å². The van der Waals surface area contributed by atoms with Crippen molar-refractivity contribution in [3.63, 3.8) is 0 Å². The van der Waals surface area contributed by atoms with Crippen LogP contribution < -0.4 is 12.4 Å². The smallest absolute Gasteiger partial charge is 0.307 e. The molecule has 6 nitrogen and oxygen atoms in total. The fourth-order valence-corrected chi connectivity index (χ4v) is 8.21. The average molecular weight is 353 g/mol. The van der Waals surface area contributed by atoms with Crippen molar-refractivity contribution < 1.29 is 12.4 Å². The molecule has 2 rings (SSSR count). The zero-order valence-electron chi connectivity index (χ0n) is 15.2. The maximum Gasteiger partial charge on any atom is 0.307 e. The predicted octanol–water partition coefficient (Wildman–Crippen LogP) is -2.71. The first-order valence-electron chi connectivity index (χ1n) is 8.01. The summed E-state index contributed by atoms with van der Waals surface area (Å²) < 4.78 is 10.5. The Morgan fingerprint density at radius 3 is 1.09 bits per heavy atom. The Hall–Kier alpha value is 0.480. The van der Waals surface area contributed by atoms with Crippen LogP contribution in [-0.2, 0) is 0 Å². The minimum Gasteiger partial charge on any atom is -1.00 e. The second-order valence-electron chi connectivity index (χ2n) is 6.74. The van der Waals surface area contributed by atoms with E-state index in [1.54, 1.807) is 0 Å². The lowest BCUT2D eigenvalue weighted by Crippen LogP contribution is -3.00. The molecule has 0 unspecified atom stereocenters. The largest absolute Gasteiger partial charge is 1.00 e. The van der Waals surface area contributed by atoms with Crippen molar-refractivity contribution in [1.29, 1.82) is 0 Å². The van der Waals surface area contributed by atoms with Gasteiger partial charge in [-0.15, -0.1) is 18.7 Å². The molecule has 2 aliphatic heterocycles. The summed E-state index contributed by atoms with van der Waals surface area (Å²) in [5, 5.41) is 0. The number of nitrogens with zero attached hydrogens (tertiary/aromatic N) is 6. The molecule has 0 saturated carbocycles. The van der Waals surface area contributed by atoms with Crippen LogP contribution in [0.3, 0.4) is 0 Å². The Morgan fingerprint density at radius 1 is 0.591 bits per heavy atom. The van der Waals surface area contributed by atoms with Crippen molar-refractivity contribution in [2.75, 3.05) is 94.6 Å². The number of piperazine rings is 2. The van der Waals surface area contributed by atoms with Gasteiger partial charge in [0, 0.05) is 54.4 Å². The van der Waals surface area contributed by atoms with E-state index in [-0.39, 0.29) is 12.4 Å². The summed E-state index contributed by atoms with van der Waals surface area (Å²) >= 11 is 0. The molecule has 0 aromatic carbocycles. The van der Waals surface area contributed by atoms with Crippen molar-refractivity contribution in [3.05, 3.63) is 0 Å². The van der Waals surface area contributed by atoms with Gasteiger partial charge in [-0.3, -0.25) is 0 Å². The van der Waals surface area contributed by atoms with Gasteiger partial charge in [-0.2, -0.15) is 0 Å². The van der Waals surface area contributed by atoms with Crippen LogP contribution in [0.2, 0.25) is 0 Å². The highest BCUT2D eigenvalue weighted by Gasteiger charge is 2.57. The Morgan fingerprint density at radius 2 is 0.864 bits per heavy atom. The first-order valence-corrected chi connectivity index (χ1v) is 9.61. The van der Waals surface area contributed by atoms with Gasteiger partial charge in [0.15, 0.2) is 0 Å². The SMILES string of the molecule is CN1CCN([P+](N(C)C)(N(C)C)N2CCN(C)CC2)CC1.[Cl-]. The molecule has 22 heavy (non-hydrogen) atoms. The third kappa shape index (κ3) is 3.93. The Kier molecular flexibility index (Phi) is 7.97. The highest BCUT2D eigenvalue weighted by molar-refractivity contribution is 7.66. The average Bonchev–Trinajstić information content (AvgIpc) is 2.43. The van der Waals surface area contributed by atoms with E-state index in [9.17, 15) is 0 Å². The van der Waals surface area contributed by atoms with Gasteiger partial charge in [0.2, 0.25) is 0 Å². The van der Waals surface area contributed by atoms with E-state index in [1.165, 1.54) is 52.4 Å². The first kappa shape index (κ1) is 20.5. The number of rotatable bonds is 4. The standard InChI is InChI=1S/C14H34N6P.ClH/c1-15(2)21(16(3)4,19-11-7-17(5)8-12-19)20-13-9-18(6)10-14-20;/h7-14H2,1-6H3;1H/q+1;/p-1. The van der Waals surface area contributed by atoms with Crippen LogP contribution in [-0.4, -0.2) is 123 Å². The van der Waals surface area contributed by atoms with Crippen molar-refractivity contribution in [2.45, 2.75) is 0 Å².